The molecule has 0 bridgehead atoms. The number of halogens is 2. The van der Waals surface area contributed by atoms with Gasteiger partial charge in [0.15, 0.2) is 0 Å². The van der Waals surface area contributed by atoms with E-state index in [2.05, 4.69) is 20.3 Å². The number of carbonyl (C=O) groups excluding carboxylic acids is 1. The standard InChI is InChI=1S/C22H16F2N4O3/c23-15-3-1-13(16(24)11-15)9-19(22(30)31)28-21(29)14-2-4-17-18(10-14)27-20(26-17)12-5-7-25-8-6-12/h1-8,10-11,19H,9H2,(H,26,27)(H,28,29)(H,30,31)/t19-/m0/s1. The van der Waals surface area contributed by atoms with Crippen molar-refractivity contribution < 1.29 is 23.5 Å². The quantitative estimate of drug-likeness (QED) is 0.442. The molecule has 9 heteroatoms. The highest BCUT2D eigenvalue weighted by Gasteiger charge is 2.23. The Balaban J connectivity index is 1.55. The van der Waals surface area contributed by atoms with E-state index in [4.69, 9.17) is 0 Å². The first-order valence-corrected chi connectivity index (χ1v) is 9.28. The number of carbonyl (C=O) groups is 2. The van der Waals surface area contributed by atoms with Gasteiger partial charge in [0.2, 0.25) is 0 Å². The number of carboxylic acid groups (broad SMARTS) is 1. The smallest absolute Gasteiger partial charge is 0.326 e. The third kappa shape index (κ3) is 4.40. The van der Waals surface area contributed by atoms with Crippen molar-refractivity contribution in [1.82, 2.24) is 20.3 Å². The molecule has 0 fully saturated rings. The number of aromatic amines is 1. The monoisotopic (exact) mass is 422 g/mol. The molecule has 31 heavy (non-hydrogen) atoms. The Kier molecular flexibility index (Phi) is 5.40. The minimum Gasteiger partial charge on any atom is -0.480 e. The number of pyridine rings is 1. The molecule has 0 aliphatic rings. The molecule has 0 saturated heterocycles. The molecule has 7 nitrogen and oxygen atoms in total. The Morgan fingerprint density at radius 1 is 1.06 bits per heavy atom. The number of aromatic nitrogens is 3. The Hall–Kier alpha value is -4.14. The fourth-order valence-electron chi connectivity index (χ4n) is 3.15. The van der Waals surface area contributed by atoms with E-state index >= 15 is 0 Å². The van der Waals surface area contributed by atoms with E-state index in [0.717, 1.165) is 17.7 Å². The Morgan fingerprint density at radius 2 is 1.84 bits per heavy atom. The van der Waals surface area contributed by atoms with Crippen LogP contribution in [0.5, 0.6) is 0 Å². The number of rotatable bonds is 6. The van der Waals surface area contributed by atoms with Gasteiger partial charge in [-0.1, -0.05) is 6.07 Å². The summed E-state index contributed by atoms with van der Waals surface area (Å²) in [5.41, 5.74) is 2.25. The maximum Gasteiger partial charge on any atom is 0.326 e. The number of imidazole rings is 1. The van der Waals surface area contributed by atoms with E-state index in [-0.39, 0.29) is 17.5 Å². The van der Waals surface area contributed by atoms with Gasteiger partial charge in [0.05, 0.1) is 11.0 Å². The van der Waals surface area contributed by atoms with Crippen molar-refractivity contribution in [3.05, 3.63) is 83.7 Å². The van der Waals surface area contributed by atoms with Crippen LogP contribution in [-0.4, -0.2) is 38.0 Å². The molecule has 0 aliphatic carbocycles. The van der Waals surface area contributed by atoms with Gasteiger partial charge in [0.25, 0.3) is 5.91 Å². The van der Waals surface area contributed by atoms with E-state index in [0.29, 0.717) is 22.9 Å². The van der Waals surface area contributed by atoms with Gasteiger partial charge in [-0.3, -0.25) is 9.78 Å². The average molecular weight is 422 g/mol. The summed E-state index contributed by atoms with van der Waals surface area (Å²) in [6.45, 7) is 0. The second-order valence-corrected chi connectivity index (χ2v) is 6.86. The van der Waals surface area contributed by atoms with Crippen LogP contribution in [0.2, 0.25) is 0 Å². The van der Waals surface area contributed by atoms with Crippen molar-refractivity contribution in [3.8, 4) is 11.4 Å². The highest BCUT2D eigenvalue weighted by atomic mass is 19.1. The molecule has 4 rings (SSSR count). The highest BCUT2D eigenvalue weighted by Crippen LogP contribution is 2.21. The van der Waals surface area contributed by atoms with Crippen LogP contribution < -0.4 is 5.32 Å². The predicted octanol–water partition coefficient (Wildman–Crippen LogP) is 3.33. The van der Waals surface area contributed by atoms with Gasteiger partial charge < -0.3 is 15.4 Å². The number of nitrogens with one attached hydrogen (secondary N) is 2. The molecule has 2 aromatic heterocycles. The summed E-state index contributed by atoms with van der Waals surface area (Å²) >= 11 is 0. The van der Waals surface area contributed by atoms with Gasteiger partial charge >= 0.3 is 5.97 Å². The summed E-state index contributed by atoms with van der Waals surface area (Å²) in [4.78, 5) is 35.8. The maximum atomic E-state index is 13.9. The summed E-state index contributed by atoms with van der Waals surface area (Å²) in [5, 5.41) is 11.8. The lowest BCUT2D eigenvalue weighted by molar-refractivity contribution is -0.139. The number of hydrogen-bond acceptors (Lipinski definition) is 4. The van der Waals surface area contributed by atoms with Gasteiger partial charge in [-0.15, -0.1) is 0 Å². The molecule has 0 spiro atoms. The molecule has 156 valence electrons. The van der Waals surface area contributed by atoms with Crippen LogP contribution in [0.4, 0.5) is 8.78 Å². The molecular weight excluding hydrogens is 406 g/mol. The zero-order valence-electron chi connectivity index (χ0n) is 16.0. The largest absolute Gasteiger partial charge is 0.480 e. The third-order valence-corrected chi connectivity index (χ3v) is 4.74. The summed E-state index contributed by atoms with van der Waals surface area (Å²) < 4.78 is 27.0. The number of fused-ring (bicyclic) bond motifs is 1. The molecule has 1 amide bonds. The first-order chi connectivity index (χ1) is 14.9. The van der Waals surface area contributed by atoms with E-state index in [1.807, 2.05) is 0 Å². The van der Waals surface area contributed by atoms with E-state index in [1.165, 1.54) is 6.07 Å². The molecule has 1 atom stereocenters. The second-order valence-electron chi connectivity index (χ2n) is 6.86. The van der Waals surface area contributed by atoms with Crippen molar-refractivity contribution in [2.24, 2.45) is 0 Å². The number of nitrogens with zero attached hydrogens (tertiary/aromatic N) is 2. The molecule has 0 unspecified atom stereocenters. The van der Waals surface area contributed by atoms with E-state index in [1.54, 1.807) is 36.7 Å². The second kappa shape index (κ2) is 8.31. The van der Waals surface area contributed by atoms with Crippen LogP contribution in [-0.2, 0) is 11.2 Å². The molecule has 0 radical (unpaired) electrons. The Labute approximate surface area is 174 Å². The first-order valence-electron chi connectivity index (χ1n) is 9.28. The number of hydrogen-bond donors (Lipinski definition) is 3. The van der Waals surface area contributed by atoms with Gasteiger partial charge in [0, 0.05) is 36.0 Å². The predicted molar refractivity (Wildman–Crippen MR) is 108 cm³/mol. The minimum absolute atomic E-state index is 0.0138. The van der Waals surface area contributed by atoms with Crippen LogP contribution in [0.25, 0.3) is 22.4 Å². The minimum atomic E-state index is -1.39. The van der Waals surface area contributed by atoms with Crippen LogP contribution in [0.15, 0.2) is 60.9 Å². The molecule has 4 aromatic rings. The fourth-order valence-corrected chi connectivity index (χ4v) is 3.15. The first kappa shape index (κ1) is 20.1. The number of amides is 1. The molecule has 0 aliphatic heterocycles. The maximum absolute atomic E-state index is 13.9. The zero-order chi connectivity index (χ0) is 22.0. The van der Waals surface area contributed by atoms with Gasteiger partial charge in [0.1, 0.15) is 23.5 Å². The molecular formula is C22H16F2N4O3. The SMILES string of the molecule is O=C(N[C@@H](Cc1ccc(F)cc1F)C(=O)O)c1ccc2nc(-c3ccncc3)[nH]c2c1. The zero-order valence-corrected chi connectivity index (χ0v) is 16.0. The van der Waals surface area contributed by atoms with Crippen LogP contribution in [0, 0.1) is 11.6 Å². The summed E-state index contributed by atoms with van der Waals surface area (Å²) in [6, 6.07) is 9.76. The van der Waals surface area contributed by atoms with Crippen molar-refractivity contribution in [1.29, 1.82) is 0 Å². The summed E-state index contributed by atoms with van der Waals surface area (Å²) in [5.74, 6) is -3.01. The Bertz CT molecular complexity index is 1270. The van der Waals surface area contributed by atoms with Crippen molar-refractivity contribution >= 4 is 22.9 Å². The lowest BCUT2D eigenvalue weighted by atomic mass is 10.0. The van der Waals surface area contributed by atoms with Crippen molar-refractivity contribution in [3.63, 3.8) is 0 Å². The van der Waals surface area contributed by atoms with E-state index in [9.17, 15) is 23.5 Å². The third-order valence-electron chi connectivity index (χ3n) is 4.74. The average Bonchev–Trinajstić information content (AvgIpc) is 3.19. The van der Waals surface area contributed by atoms with Gasteiger partial charge in [-0.25, -0.2) is 18.6 Å². The number of carboxylic acids is 1. The molecule has 0 saturated carbocycles. The summed E-state index contributed by atoms with van der Waals surface area (Å²) in [6.07, 6.45) is 2.94. The van der Waals surface area contributed by atoms with Crippen LogP contribution in [0.1, 0.15) is 15.9 Å². The highest BCUT2D eigenvalue weighted by molar-refractivity contribution is 5.99. The number of H-pyrrole nitrogens is 1. The number of aliphatic carboxylic acids is 1. The molecule has 3 N–H and O–H groups in total. The Morgan fingerprint density at radius 3 is 2.55 bits per heavy atom. The molecule has 2 aromatic carbocycles. The van der Waals surface area contributed by atoms with Crippen molar-refractivity contribution in [2.45, 2.75) is 12.5 Å². The number of benzene rings is 2. The fraction of sp³-hybridized carbons (Fsp3) is 0.0909. The van der Waals surface area contributed by atoms with Gasteiger partial charge in [-0.05, 0) is 42.0 Å². The van der Waals surface area contributed by atoms with Crippen molar-refractivity contribution in [2.75, 3.05) is 0 Å². The topological polar surface area (TPSA) is 108 Å². The van der Waals surface area contributed by atoms with E-state index < -0.39 is 29.6 Å². The van der Waals surface area contributed by atoms with Crippen LogP contribution in [0.3, 0.4) is 0 Å². The molecule has 2 heterocycles. The normalized spacial score (nSPS) is 11.9. The lowest BCUT2D eigenvalue weighted by Gasteiger charge is -2.15. The van der Waals surface area contributed by atoms with Gasteiger partial charge in [-0.2, -0.15) is 0 Å². The lowest BCUT2D eigenvalue weighted by Crippen LogP contribution is -2.42. The summed E-state index contributed by atoms with van der Waals surface area (Å²) in [7, 11) is 0. The van der Waals surface area contributed by atoms with Crippen LogP contribution >= 0.6 is 0 Å².